The molecule has 11 heteroatoms. The number of aromatic nitrogens is 2. The number of fused-ring (bicyclic) bond motifs is 1. The average Bonchev–Trinajstić information content (AvgIpc) is 3.09. The maximum Gasteiger partial charge on any atom is 0.432 e. The molecule has 0 aliphatic rings. The fourth-order valence-corrected chi connectivity index (χ4v) is 4.21. The van der Waals surface area contributed by atoms with Gasteiger partial charge in [-0.3, -0.25) is 14.6 Å². The van der Waals surface area contributed by atoms with E-state index >= 15 is 0 Å². The Hall–Kier alpha value is -3.07. The van der Waals surface area contributed by atoms with Crippen LogP contribution < -0.4 is 5.32 Å². The fraction of sp³-hybridized carbons (Fsp3) is 0.0870. The fourth-order valence-electron chi connectivity index (χ4n) is 3.57. The Kier molecular flexibility index (Phi) is 6.58. The summed E-state index contributed by atoms with van der Waals surface area (Å²) in [5.74, 6) is -2.60. The van der Waals surface area contributed by atoms with E-state index in [4.69, 9.17) is 34.8 Å². The lowest BCUT2D eigenvalue weighted by atomic mass is 10.1. The highest BCUT2D eigenvalue weighted by molar-refractivity contribution is 6.49. The second-order valence-corrected chi connectivity index (χ2v) is 8.50. The van der Waals surface area contributed by atoms with Gasteiger partial charge < -0.3 is 9.88 Å². The number of alkyl halides is 3. The summed E-state index contributed by atoms with van der Waals surface area (Å²) in [4.78, 5) is 29.5. The molecule has 2 aromatic heterocycles. The minimum atomic E-state index is -4.98. The largest absolute Gasteiger partial charge is 0.432 e. The van der Waals surface area contributed by atoms with E-state index in [-0.39, 0.29) is 33.2 Å². The minimum Gasteiger partial charge on any atom is -0.332 e. The smallest absolute Gasteiger partial charge is 0.332 e. The van der Waals surface area contributed by atoms with E-state index in [0.29, 0.717) is 10.6 Å². The summed E-state index contributed by atoms with van der Waals surface area (Å²) >= 11 is 18.1. The molecule has 1 N–H and O–H groups in total. The SMILES string of the molecule is O=C(Nc1ccncc1)C(=O)c1c(C(F)(F)F)n(Cc2ccc(Cl)cc2Cl)c2ccc(Cl)cc12. The summed E-state index contributed by atoms with van der Waals surface area (Å²) in [6.07, 6.45) is -2.25. The zero-order valence-corrected chi connectivity index (χ0v) is 19.2. The van der Waals surface area contributed by atoms with Crippen LogP contribution >= 0.6 is 34.8 Å². The summed E-state index contributed by atoms with van der Waals surface area (Å²) in [5.41, 5.74) is -1.49. The predicted octanol–water partition coefficient (Wildman–Crippen LogP) is 6.89. The number of carbonyl (C=O) groups is 2. The van der Waals surface area contributed by atoms with Gasteiger partial charge in [0.2, 0.25) is 0 Å². The minimum absolute atomic E-state index is 0.0582. The van der Waals surface area contributed by atoms with Crippen molar-refractivity contribution in [1.82, 2.24) is 9.55 Å². The van der Waals surface area contributed by atoms with Crippen molar-refractivity contribution in [2.24, 2.45) is 0 Å². The van der Waals surface area contributed by atoms with Crippen LogP contribution in [0.2, 0.25) is 15.1 Å². The van der Waals surface area contributed by atoms with E-state index in [9.17, 15) is 22.8 Å². The first-order valence-corrected chi connectivity index (χ1v) is 10.8. The maximum absolute atomic E-state index is 14.4. The lowest BCUT2D eigenvalue weighted by Gasteiger charge is -2.15. The van der Waals surface area contributed by atoms with Crippen LogP contribution in [0.3, 0.4) is 0 Å². The summed E-state index contributed by atoms with van der Waals surface area (Å²) in [7, 11) is 0. The number of amides is 1. The van der Waals surface area contributed by atoms with Gasteiger partial charge in [0.1, 0.15) is 5.69 Å². The third-order valence-electron chi connectivity index (χ3n) is 5.01. The molecule has 4 aromatic rings. The van der Waals surface area contributed by atoms with Crippen LogP contribution in [0.15, 0.2) is 60.9 Å². The topological polar surface area (TPSA) is 64.0 Å². The number of pyridine rings is 1. The highest BCUT2D eigenvalue weighted by Crippen LogP contribution is 2.40. The Labute approximate surface area is 206 Å². The van der Waals surface area contributed by atoms with Crippen molar-refractivity contribution >= 4 is 63.1 Å². The lowest BCUT2D eigenvalue weighted by Crippen LogP contribution is -2.26. The molecule has 174 valence electrons. The maximum atomic E-state index is 14.4. The van der Waals surface area contributed by atoms with Crippen molar-refractivity contribution in [3.05, 3.63) is 92.8 Å². The number of carbonyl (C=O) groups excluding carboxylic acids is 2. The molecule has 0 aliphatic carbocycles. The van der Waals surface area contributed by atoms with Crippen LogP contribution in [0.25, 0.3) is 10.9 Å². The number of anilines is 1. The van der Waals surface area contributed by atoms with E-state index in [1.54, 1.807) is 0 Å². The van der Waals surface area contributed by atoms with Gasteiger partial charge in [0, 0.05) is 50.6 Å². The number of hydrogen-bond donors (Lipinski definition) is 1. The first-order chi connectivity index (χ1) is 16.1. The van der Waals surface area contributed by atoms with E-state index in [1.807, 2.05) is 0 Å². The molecule has 0 spiro atoms. The second-order valence-electron chi connectivity index (χ2n) is 7.22. The van der Waals surface area contributed by atoms with Gasteiger partial charge in [-0.15, -0.1) is 0 Å². The molecule has 5 nitrogen and oxygen atoms in total. The van der Waals surface area contributed by atoms with Gasteiger partial charge in [0.05, 0.1) is 5.56 Å². The average molecular weight is 527 g/mol. The van der Waals surface area contributed by atoms with Crippen molar-refractivity contribution in [3.63, 3.8) is 0 Å². The molecule has 0 unspecified atom stereocenters. The van der Waals surface area contributed by atoms with Gasteiger partial charge in [-0.05, 0) is 48.0 Å². The van der Waals surface area contributed by atoms with Crippen LogP contribution in [-0.4, -0.2) is 21.2 Å². The summed E-state index contributed by atoms with van der Waals surface area (Å²) < 4.78 is 44.0. The molecule has 0 fully saturated rings. The third-order valence-corrected chi connectivity index (χ3v) is 5.83. The molecular formula is C23H13Cl3F3N3O2. The lowest BCUT2D eigenvalue weighted by molar-refractivity contribution is -0.143. The Morgan fingerprint density at radius 2 is 1.59 bits per heavy atom. The van der Waals surface area contributed by atoms with Crippen molar-refractivity contribution in [2.45, 2.75) is 12.7 Å². The summed E-state index contributed by atoms with van der Waals surface area (Å²) in [5, 5.41) is 2.76. The molecule has 0 atom stereocenters. The van der Waals surface area contributed by atoms with Crippen molar-refractivity contribution in [2.75, 3.05) is 5.32 Å². The number of benzene rings is 2. The van der Waals surface area contributed by atoms with Crippen molar-refractivity contribution in [3.8, 4) is 0 Å². The van der Waals surface area contributed by atoms with Crippen molar-refractivity contribution < 1.29 is 22.8 Å². The zero-order valence-electron chi connectivity index (χ0n) is 17.0. The number of Topliss-reactive ketones (excluding diaryl/α,β-unsaturated/α-hetero) is 1. The van der Waals surface area contributed by atoms with Crippen LogP contribution in [0.4, 0.5) is 18.9 Å². The molecule has 0 saturated carbocycles. The zero-order chi connectivity index (χ0) is 24.6. The number of nitrogens with zero attached hydrogens (tertiary/aromatic N) is 2. The molecule has 0 aliphatic heterocycles. The molecule has 4 rings (SSSR count). The normalized spacial score (nSPS) is 11.6. The monoisotopic (exact) mass is 525 g/mol. The molecular weight excluding hydrogens is 514 g/mol. The quantitative estimate of drug-likeness (QED) is 0.228. The molecule has 0 radical (unpaired) electrons. The highest BCUT2D eigenvalue weighted by atomic mass is 35.5. The standard InChI is InChI=1S/C23H13Cl3F3N3O2/c24-13-3-4-18-16(9-13)19(20(33)22(34)31-15-5-7-30-8-6-15)21(23(27,28)29)32(18)11-12-1-2-14(25)10-17(12)26/h1-10H,11H2,(H,30,31,34). The first-order valence-electron chi connectivity index (χ1n) is 9.65. The van der Waals surface area contributed by atoms with E-state index in [1.165, 1.54) is 60.9 Å². The molecule has 0 bridgehead atoms. The molecule has 0 saturated heterocycles. The summed E-state index contributed by atoms with van der Waals surface area (Å²) in [6.45, 7) is -0.331. The van der Waals surface area contributed by atoms with Gasteiger partial charge in [-0.2, -0.15) is 13.2 Å². The molecule has 2 aromatic carbocycles. The molecule has 2 heterocycles. The first kappa shape index (κ1) is 24.1. The highest BCUT2D eigenvalue weighted by Gasteiger charge is 2.42. The molecule has 34 heavy (non-hydrogen) atoms. The second kappa shape index (κ2) is 9.29. The van der Waals surface area contributed by atoms with Gasteiger partial charge in [0.15, 0.2) is 0 Å². The Morgan fingerprint density at radius 3 is 2.24 bits per heavy atom. The van der Waals surface area contributed by atoms with Crippen molar-refractivity contribution in [1.29, 1.82) is 0 Å². The number of ketones is 1. The van der Waals surface area contributed by atoms with E-state index in [0.717, 1.165) is 4.57 Å². The number of halogens is 6. The van der Waals surface area contributed by atoms with Crippen LogP contribution in [-0.2, 0) is 17.5 Å². The predicted molar refractivity (Wildman–Crippen MR) is 125 cm³/mol. The van der Waals surface area contributed by atoms with Crippen LogP contribution in [0, 0.1) is 0 Å². The number of rotatable bonds is 5. The van der Waals surface area contributed by atoms with Crippen LogP contribution in [0.1, 0.15) is 21.6 Å². The molecule has 1 amide bonds. The Balaban J connectivity index is 1.91. The van der Waals surface area contributed by atoms with Gasteiger partial charge in [0.25, 0.3) is 11.7 Å². The van der Waals surface area contributed by atoms with E-state index in [2.05, 4.69) is 10.3 Å². The third kappa shape index (κ3) is 4.75. The van der Waals surface area contributed by atoms with Crippen LogP contribution in [0.5, 0.6) is 0 Å². The van der Waals surface area contributed by atoms with Gasteiger partial charge >= 0.3 is 6.18 Å². The number of nitrogens with one attached hydrogen (secondary N) is 1. The Bertz CT molecular complexity index is 1420. The number of hydrogen-bond acceptors (Lipinski definition) is 3. The van der Waals surface area contributed by atoms with E-state index < -0.39 is 29.1 Å². The summed E-state index contributed by atoms with van der Waals surface area (Å²) in [6, 6.07) is 11.2. The Morgan fingerprint density at radius 1 is 0.941 bits per heavy atom. The van der Waals surface area contributed by atoms with Gasteiger partial charge in [-0.1, -0.05) is 40.9 Å². The van der Waals surface area contributed by atoms with Gasteiger partial charge in [-0.25, -0.2) is 0 Å².